The van der Waals surface area contributed by atoms with Gasteiger partial charge in [-0.05, 0) is 66.1 Å². The molecule has 1 aliphatic rings. The van der Waals surface area contributed by atoms with Crippen LogP contribution in [-0.2, 0) is 4.79 Å². The van der Waals surface area contributed by atoms with E-state index in [-0.39, 0.29) is 5.91 Å². The van der Waals surface area contributed by atoms with E-state index >= 15 is 0 Å². The van der Waals surface area contributed by atoms with Crippen LogP contribution in [-0.4, -0.2) is 18.5 Å². The molecule has 1 heterocycles. The van der Waals surface area contributed by atoms with E-state index in [2.05, 4.69) is 17.2 Å². The first-order chi connectivity index (χ1) is 12.4. The van der Waals surface area contributed by atoms with Crippen molar-refractivity contribution in [1.82, 2.24) is 10.6 Å². The summed E-state index contributed by atoms with van der Waals surface area (Å²) in [7, 11) is 1.68. The van der Waals surface area contributed by atoms with Crippen LogP contribution in [0.5, 0.6) is 0 Å². The molecule has 6 heteroatoms. The predicted molar refractivity (Wildman–Crippen MR) is 111 cm³/mol. The van der Waals surface area contributed by atoms with Crippen LogP contribution in [0.1, 0.15) is 42.7 Å². The lowest BCUT2D eigenvalue weighted by Crippen LogP contribution is -2.57. The summed E-state index contributed by atoms with van der Waals surface area (Å²) in [6.07, 6.45) is 3.19. The second kappa shape index (κ2) is 8.03. The molecule has 0 atom stereocenters. The van der Waals surface area contributed by atoms with Crippen molar-refractivity contribution in [3.8, 4) is 0 Å². The number of halogens is 2. The third-order valence-corrected chi connectivity index (χ3v) is 6.41. The molecule has 0 radical (unpaired) electrons. The molecule has 1 fully saturated rings. The van der Waals surface area contributed by atoms with E-state index in [9.17, 15) is 4.79 Å². The first kappa shape index (κ1) is 19.3. The van der Waals surface area contributed by atoms with Gasteiger partial charge in [-0.1, -0.05) is 35.8 Å². The maximum atomic E-state index is 12.7. The predicted octanol–water partition coefficient (Wildman–Crippen LogP) is 5.46. The summed E-state index contributed by atoms with van der Waals surface area (Å²) in [5.74, 6) is 0.336. The van der Waals surface area contributed by atoms with Gasteiger partial charge in [0.05, 0.1) is 0 Å². The lowest BCUT2D eigenvalue weighted by molar-refractivity contribution is -0.128. The maximum Gasteiger partial charge on any atom is 0.245 e. The van der Waals surface area contributed by atoms with Crippen molar-refractivity contribution in [1.29, 1.82) is 0 Å². The fourth-order valence-corrected chi connectivity index (χ4v) is 4.93. The number of rotatable bonds is 5. The molecule has 1 aromatic carbocycles. The zero-order valence-corrected chi connectivity index (χ0v) is 17.0. The van der Waals surface area contributed by atoms with Crippen molar-refractivity contribution >= 4 is 46.1 Å². The van der Waals surface area contributed by atoms with Gasteiger partial charge in [-0.2, -0.15) is 11.3 Å². The Balaban J connectivity index is 1.77. The van der Waals surface area contributed by atoms with Gasteiger partial charge in [-0.25, -0.2) is 0 Å². The van der Waals surface area contributed by atoms with Gasteiger partial charge in [0, 0.05) is 28.4 Å². The van der Waals surface area contributed by atoms with Crippen LogP contribution < -0.4 is 10.6 Å². The Morgan fingerprint density at radius 3 is 2.58 bits per heavy atom. The SMILES string of the molecule is C=C(NC1(C(=O)NC)CCC(c2ccc(Cl)cc2Cl)CC1)c1ccsc1. The van der Waals surface area contributed by atoms with Crippen molar-refractivity contribution in [2.24, 2.45) is 0 Å². The molecule has 3 nitrogen and oxygen atoms in total. The molecule has 2 aromatic rings. The molecule has 0 unspecified atom stereocenters. The molecule has 1 aromatic heterocycles. The normalized spacial score (nSPS) is 22.7. The Morgan fingerprint density at radius 2 is 2.00 bits per heavy atom. The minimum Gasteiger partial charge on any atom is -0.371 e. The second-order valence-corrected chi connectivity index (χ2v) is 8.34. The van der Waals surface area contributed by atoms with Crippen LogP contribution in [0.25, 0.3) is 5.70 Å². The van der Waals surface area contributed by atoms with E-state index < -0.39 is 5.54 Å². The highest BCUT2D eigenvalue weighted by molar-refractivity contribution is 7.08. The lowest BCUT2D eigenvalue weighted by Gasteiger charge is -2.40. The molecule has 3 rings (SSSR count). The van der Waals surface area contributed by atoms with E-state index in [1.165, 1.54) is 0 Å². The summed E-state index contributed by atoms with van der Waals surface area (Å²) in [4.78, 5) is 12.7. The third-order valence-electron chi connectivity index (χ3n) is 5.16. The first-order valence-electron chi connectivity index (χ1n) is 8.62. The van der Waals surface area contributed by atoms with Crippen molar-refractivity contribution in [2.75, 3.05) is 7.05 Å². The third kappa shape index (κ3) is 3.93. The quantitative estimate of drug-likeness (QED) is 0.689. The lowest BCUT2D eigenvalue weighted by atomic mass is 9.73. The van der Waals surface area contributed by atoms with Gasteiger partial charge in [0.25, 0.3) is 0 Å². The zero-order chi connectivity index (χ0) is 18.7. The molecule has 0 saturated heterocycles. The summed E-state index contributed by atoms with van der Waals surface area (Å²) in [5, 5.41) is 11.6. The number of benzene rings is 1. The van der Waals surface area contributed by atoms with E-state index in [1.807, 2.05) is 29.0 Å². The van der Waals surface area contributed by atoms with Gasteiger partial charge in [0.2, 0.25) is 5.91 Å². The number of thiophene rings is 1. The number of amides is 1. The van der Waals surface area contributed by atoms with E-state index in [0.717, 1.165) is 42.5 Å². The molecule has 1 aliphatic carbocycles. The van der Waals surface area contributed by atoms with E-state index in [1.54, 1.807) is 24.5 Å². The van der Waals surface area contributed by atoms with Crippen molar-refractivity contribution in [3.05, 3.63) is 62.8 Å². The molecule has 0 bridgehead atoms. The van der Waals surface area contributed by atoms with Crippen LogP contribution in [0, 0.1) is 0 Å². The Bertz CT molecular complexity index is 796. The Morgan fingerprint density at radius 1 is 1.27 bits per heavy atom. The van der Waals surface area contributed by atoms with Crippen molar-refractivity contribution in [2.45, 2.75) is 37.1 Å². The fourth-order valence-electron chi connectivity index (χ4n) is 3.70. The fraction of sp³-hybridized carbons (Fsp3) is 0.350. The van der Waals surface area contributed by atoms with E-state index in [4.69, 9.17) is 23.2 Å². The number of hydrogen-bond donors (Lipinski definition) is 2. The van der Waals surface area contributed by atoms with Gasteiger partial charge in [0.15, 0.2) is 0 Å². The second-order valence-electron chi connectivity index (χ2n) is 6.72. The van der Waals surface area contributed by atoms with Crippen LogP contribution in [0.15, 0.2) is 41.6 Å². The summed E-state index contributed by atoms with van der Waals surface area (Å²) in [5.41, 5.74) is 2.29. The largest absolute Gasteiger partial charge is 0.371 e. The highest BCUT2D eigenvalue weighted by Crippen LogP contribution is 2.41. The monoisotopic (exact) mass is 408 g/mol. The number of nitrogens with one attached hydrogen (secondary N) is 2. The highest BCUT2D eigenvalue weighted by Gasteiger charge is 2.42. The van der Waals surface area contributed by atoms with Crippen LogP contribution in [0.4, 0.5) is 0 Å². The van der Waals surface area contributed by atoms with Gasteiger partial charge in [0.1, 0.15) is 5.54 Å². The first-order valence-corrected chi connectivity index (χ1v) is 10.3. The number of carbonyl (C=O) groups is 1. The Labute approximate surface area is 168 Å². The Kier molecular flexibility index (Phi) is 5.96. The Hall–Kier alpha value is -1.49. The van der Waals surface area contributed by atoms with Gasteiger partial charge >= 0.3 is 0 Å². The molecule has 2 N–H and O–H groups in total. The molecule has 0 aliphatic heterocycles. The van der Waals surface area contributed by atoms with Gasteiger partial charge in [-0.15, -0.1) is 0 Å². The van der Waals surface area contributed by atoms with Gasteiger partial charge in [-0.3, -0.25) is 4.79 Å². The number of likely N-dealkylation sites (N-methyl/N-ethyl adjacent to an activating group) is 1. The molecule has 138 valence electrons. The minimum absolute atomic E-state index is 0.00883. The van der Waals surface area contributed by atoms with Crippen LogP contribution in [0.3, 0.4) is 0 Å². The van der Waals surface area contributed by atoms with Gasteiger partial charge < -0.3 is 10.6 Å². The standard InChI is InChI=1S/C20H22Cl2N2OS/c1-13(15-7-10-26-12-15)24-20(19(25)23-2)8-5-14(6-9-20)17-4-3-16(21)11-18(17)22/h3-4,7,10-12,14,24H,1,5-6,8-9H2,2H3,(H,23,25). The zero-order valence-electron chi connectivity index (χ0n) is 14.6. The average molecular weight is 409 g/mol. The van der Waals surface area contributed by atoms with Crippen LogP contribution >= 0.6 is 34.5 Å². The smallest absolute Gasteiger partial charge is 0.245 e. The van der Waals surface area contributed by atoms with Crippen LogP contribution in [0.2, 0.25) is 10.0 Å². The summed E-state index contributed by atoms with van der Waals surface area (Å²) >= 11 is 14.0. The molecular weight excluding hydrogens is 387 g/mol. The summed E-state index contributed by atoms with van der Waals surface area (Å²) in [6.45, 7) is 4.13. The topological polar surface area (TPSA) is 41.1 Å². The number of carbonyl (C=O) groups excluding carboxylic acids is 1. The highest BCUT2D eigenvalue weighted by atomic mass is 35.5. The summed E-state index contributed by atoms with van der Waals surface area (Å²) in [6, 6.07) is 7.67. The molecule has 1 saturated carbocycles. The molecule has 26 heavy (non-hydrogen) atoms. The average Bonchev–Trinajstić information content (AvgIpc) is 3.17. The summed E-state index contributed by atoms with van der Waals surface area (Å²) < 4.78 is 0. The molecular formula is C20H22Cl2N2OS. The minimum atomic E-state index is -0.636. The van der Waals surface area contributed by atoms with Crippen molar-refractivity contribution in [3.63, 3.8) is 0 Å². The van der Waals surface area contributed by atoms with Crippen molar-refractivity contribution < 1.29 is 4.79 Å². The molecule has 0 spiro atoms. The van der Waals surface area contributed by atoms with E-state index in [0.29, 0.717) is 16.0 Å². The molecule has 1 amide bonds. The maximum absolute atomic E-state index is 12.7. The number of hydrogen-bond acceptors (Lipinski definition) is 3.